The summed E-state index contributed by atoms with van der Waals surface area (Å²) in [6.45, 7) is 2.19. The second-order valence-electron chi connectivity index (χ2n) is 4.93. The Morgan fingerprint density at radius 1 is 1.45 bits per heavy atom. The molecule has 0 aliphatic carbocycles. The van der Waals surface area contributed by atoms with Crippen molar-refractivity contribution in [2.45, 2.75) is 36.3 Å². The maximum absolute atomic E-state index is 12.3. The zero-order chi connectivity index (χ0) is 14.6. The van der Waals surface area contributed by atoms with E-state index in [0.717, 1.165) is 12.2 Å². The molecule has 0 aromatic heterocycles. The van der Waals surface area contributed by atoms with E-state index in [4.69, 9.17) is 5.26 Å². The van der Waals surface area contributed by atoms with E-state index in [1.54, 1.807) is 13.0 Å². The molecule has 0 bridgehead atoms. The van der Waals surface area contributed by atoms with Crippen molar-refractivity contribution in [1.82, 2.24) is 4.72 Å². The van der Waals surface area contributed by atoms with Crippen molar-refractivity contribution < 1.29 is 8.42 Å². The summed E-state index contributed by atoms with van der Waals surface area (Å²) in [4.78, 5) is 0.261. The van der Waals surface area contributed by atoms with E-state index in [1.165, 1.54) is 25.0 Å². The number of aryl methyl sites for hydroxylation is 1. The SMILES string of the molecule is Cc1cc(C#N)ccc1S(=O)(=O)NCC1CCCCS1. The Balaban J connectivity index is 2.08. The summed E-state index contributed by atoms with van der Waals surface area (Å²) < 4.78 is 27.3. The van der Waals surface area contributed by atoms with E-state index in [1.807, 2.05) is 17.8 Å². The molecule has 6 heteroatoms. The summed E-state index contributed by atoms with van der Waals surface area (Å²) >= 11 is 1.84. The van der Waals surface area contributed by atoms with E-state index >= 15 is 0 Å². The van der Waals surface area contributed by atoms with Gasteiger partial charge in [-0.1, -0.05) is 6.42 Å². The molecule has 1 unspecified atom stereocenters. The van der Waals surface area contributed by atoms with E-state index in [2.05, 4.69) is 4.72 Å². The lowest BCUT2D eigenvalue weighted by atomic mass is 10.2. The quantitative estimate of drug-likeness (QED) is 0.927. The van der Waals surface area contributed by atoms with Crippen LogP contribution >= 0.6 is 11.8 Å². The summed E-state index contributed by atoms with van der Waals surface area (Å²) in [5.41, 5.74) is 1.08. The number of thioether (sulfide) groups is 1. The summed E-state index contributed by atoms with van der Waals surface area (Å²) in [5, 5.41) is 9.18. The number of benzene rings is 1. The van der Waals surface area contributed by atoms with Crippen molar-refractivity contribution >= 4 is 21.8 Å². The van der Waals surface area contributed by atoms with E-state index < -0.39 is 10.0 Å². The van der Waals surface area contributed by atoms with Crippen LogP contribution in [-0.2, 0) is 10.0 Å². The third-order valence-electron chi connectivity index (χ3n) is 3.37. The van der Waals surface area contributed by atoms with Gasteiger partial charge in [-0.2, -0.15) is 17.0 Å². The van der Waals surface area contributed by atoms with Crippen LogP contribution < -0.4 is 4.72 Å². The molecule has 1 heterocycles. The maximum atomic E-state index is 12.3. The topological polar surface area (TPSA) is 70.0 Å². The third-order valence-corrected chi connectivity index (χ3v) is 6.35. The number of sulfonamides is 1. The van der Waals surface area contributed by atoms with Gasteiger partial charge in [-0.15, -0.1) is 0 Å². The van der Waals surface area contributed by atoms with Gasteiger partial charge in [0.1, 0.15) is 0 Å². The first-order valence-corrected chi connectivity index (χ1v) is 9.18. The molecular formula is C14H18N2O2S2. The number of nitriles is 1. The predicted octanol–water partition coefficient (Wildman–Crippen LogP) is 2.43. The zero-order valence-corrected chi connectivity index (χ0v) is 13.1. The molecule has 1 atom stereocenters. The molecule has 0 amide bonds. The Bertz CT molecular complexity index is 615. The largest absolute Gasteiger partial charge is 0.240 e. The summed E-state index contributed by atoms with van der Waals surface area (Å²) in [5.74, 6) is 1.11. The van der Waals surface area contributed by atoms with Crippen LogP contribution in [0.25, 0.3) is 0 Å². The first kappa shape index (κ1) is 15.4. The molecular weight excluding hydrogens is 292 g/mol. The average Bonchev–Trinajstić information content (AvgIpc) is 2.46. The number of nitrogens with one attached hydrogen (secondary N) is 1. The van der Waals surface area contributed by atoms with Gasteiger partial charge in [0.05, 0.1) is 16.5 Å². The van der Waals surface area contributed by atoms with Crippen LogP contribution in [0.5, 0.6) is 0 Å². The molecule has 1 aromatic rings. The second-order valence-corrected chi connectivity index (χ2v) is 8.08. The molecule has 1 aliphatic rings. The maximum Gasteiger partial charge on any atom is 0.240 e. The Kier molecular flexibility index (Phi) is 5.08. The summed E-state index contributed by atoms with van der Waals surface area (Å²) in [6.07, 6.45) is 3.47. The fourth-order valence-corrected chi connectivity index (χ4v) is 4.92. The fourth-order valence-electron chi connectivity index (χ4n) is 2.27. The van der Waals surface area contributed by atoms with Crippen molar-refractivity contribution in [2.75, 3.05) is 12.3 Å². The minimum Gasteiger partial charge on any atom is -0.210 e. The van der Waals surface area contributed by atoms with Gasteiger partial charge in [0.15, 0.2) is 0 Å². The van der Waals surface area contributed by atoms with Gasteiger partial charge in [0.2, 0.25) is 10.0 Å². The highest BCUT2D eigenvalue weighted by Gasteiger charge is 2.20. The molecule has 1 saturated heterocycles. The van der Waals surface area contributed by atoms with Gasteiger partial charge in [0.25, 0.3) is 0 Å². The van der Waals surface area contributed by atoms with E-state index in [9.17, 15) is 8.42 Å². The molecule has 4 nitrogen and oxygen atoms in total. The van der Waals surface area contributed by atoms with Gasteiger partial charge in [-0.3, -0.25) is 0 Å². The van der Waals surface area contributed by atoms with Crippen LogP contribution in [0.1, 0.15) is 30.4 Å². The van der Waals surface area contributed by atoms with Gasteiger partial charge in [-0.25, -0.2) is 13.1 Å². The van der Waals surface area contributed by atoms with Crippen LogP contribution in [0.3, 0.4) is 0 Å². The smallest absolute Gasteiger partial charge is 0.210 e. The lowest BCUT2D eigenvalue weighted by molar-refractivity contribution is 0.573. The molecule has 0 saturated carbocycles. The number of nitrogens with zero attached hydrogens (tertiary/aromatic N) is 1. The van der Waals surface area contributed by atoms with Gasteiger partial charge in [0, 0.05) is 11.8 Å². The molecule has 1 aliphatic heterocycles. The molecule has 1 N–H and O–H groups in total. The first-order chi connectivity index (χ1) is 9.53. The van der Waals surface area contributed by atoms with Gasteiger partial charge < -0.3 is 0 Å². The predicted molar refractivity (Wildman–Crippen MR) is 81.2 cm³/mol. The van der Waals surface area contributed by atoms with Crippen LogP contribution in [0.2, 0.25) is 0 Å². The third kappa shape index (κ3) is 3.75. The number of rotatable bonds is 4. The average molecular weight is 310 g/mol. The van der Waals surface area contributed by atoms with Crippen LogP contribution in [-0.4, -0.2) is 26.0 Å². The monoisotopic (exact) mass is 310 g/mol. The van der Waals surface area contributed by atoms with Crippen LogP contribution in [0.15, 0.2) is 23.1 Å². The normalized spacial score (nSPS) is 19.5. The molecule has 0 radical (unpaired) electrons. The Labute approximate surface area is 124 Å². The molecule has 108 valence electrons. The number of hydrogen-bond acceptors (Lipinski definition) is 4. The minimum absolute atomic E-state index is 0.261. The Morgan fingerprint density at radius 3 is 2.85 bits per heavy atom. The van der Waals surface area contributed by atoms with Crippen LogP contribution in [0.4, 0.5) is 0 Å². The Morgan fingerprint density at radius 2 is 2.25 bits per heavy atom. The van der Waals surface area contributed by atoms with Crippen molar-refractivity contribution in [3.63, 3.8) is 0 Å². The molecule has 20 heavy (non-hydrogen) atoms. The second kappa shape index (κ2) is 6.61. The highest BCUT2D eigenvalue weighted by Crippen LogP contribution is 2.25. The molecule has 1 aromatic carbocycles. The molecule has 1 fully saturated rings. The number of hydrogen-bond donors (Lipinski definition) is 1. The van der Waals surface area contributed by atoms with Crippen LogP contribution in [0, 0.1) is 18.3 Å². The Hall–Kier alpha value is -1.03. The zero-order valence-electron chi connectivity index (χ0n) is 11.4. The summed E-state index contributed by atoms with van der Waals surface area (Å²) in [6, 6.07) is 6.66. The van der Waals surface area contributed by atoms with E-state index in [0.29, 0.717) is 22.9 Å². The van der Waals surface area contributed by atoms with Gasteiger partial charge in [-0.05, 0) is 49.3 Å². The standard InChI is InChI=1S/C14H18N2O2S2/c1-11-8-12(9-15)5-6-14(11)20(17,18)16-10-13-4-2-3-7-19-13/h5-6,8,13,16H,2-4,7,10H2,1H3. The summed E-state index contributed by atoms with van der Waals surface area (Å²) in [7, 11) is -3.49. The van der Waals surface area contributed by atoms with E-state index in [-0.39, 0.29) is 4.90 Å². The van der Waals surface area contributed by atoms with Crippen molar-refractivity contribution in [2.24, 2.45) is 0 Å². The van der Waals surface area contributed by atoms with Gasteiger partial charge >= 0.3 is 0 Å². The minimum atomic E-state index is -3.49. The molecule has 2 rings (SSSR count). The first-order valence-electron chi connectivity index (χ1n) is 6.65. The highest BCUT2D eigenvalue weighted by molar-refractivity contribution is 8.00. The fraction of sp³-hybridized carbons (Fsp3) is 0.500. The van der Waals surface area contributed by atoms with Crippen molar-refractivity contribution in [1.29, 1.82) is 5.26 Å². The van der Waals surface area contributed by atoms with Crippen molar-refractivity contribution in [3.8, 4) is 6.07 Å². The lowest BCUT2D eigenvalue weighted by Gasteiger charge is -2.21. The highest BCUT2D eigenvalue weighted by atomic mass is 32.2. The lowest BCUT2D eigenvalue weighted by Crippen LogP contribution is -2.32. The molecule has 0 spiro atoms. The van der Waals surface area contributed by atoms with Crippen molar-refractivity contribution in [3.05, 3.63) is 29.3 Å².